The van der Waals surface area contributed by atoms with Crippen molar-refractivity contribution in [2.45, 2.75) is 26.3 Å². The van der Waals surface area contributed by atoms with Gasteiger partial charge in [-0.1, -0.05) is 18.2 Å². The number of aromatic nitrogens is 2. The number of rotatable bonds is 3. The minimum absolute atomic E-state index is 0.592. The zero-order valence-electron chi connectivity index (χ0n) is 17.0. The molecular weight excluding hydrogens is 360 g/mol. The first-order valence-corrected chi connectivity index (χ1v) is 10.3. The summed E-state index contributed by atoms with van der Waals surface area (Å²) < 4.78 is 0. The first kappa shape index (κ1) is 18.1. The fraction of sp³-hybridized carbons (Fsp3) is 0.348. The second-order valence-corrected chi connectivity index (χ2v) is 8.17. The molecule has 2 aliphatic rings. The zero-order valence-corrected chi connectivity index (χ0v) is 17.0. The summed E-state index contributed by atoms with van der Waals surface area (Å²) in [5, 5.41) is 0. The molecule has 6 heteroatoms. The second-order valence-electron chi connectivity index (χ2n) is 8.17. The quantitative estimate of drug-likeness (QED) is 0.747. The van der Waals surface area contributed by atoms with E-state index in [1.165, 1.54) is 5.56 Å². The van der Waals surface area contributed by atoms with E-state index in [-0.39, 0.29) is 0 Å². The van der Waals surface area contributed by atoms with Crippen molar-refractivity contribution in [3.63, 3.8) is 0 Å². The normalized spacial score (nSPS) is 17.1. The molecule has 2 aliphatic heterocycles. The van der Waals surface area contributed by atoms with Crippen LogP contribution in [0.2, 0.25) is 0 Å². The minimum atomic E-state index is 0.592. The maximum absolute atomic E-state index is 5.88. The van der Waals surface area contributed by atoms with E-state index in [0.29, 0.717) is 11.9 Å². The van der Waals surface area contributed by atoms with Crippen LogP contribution in [0.25, 0.3) is 22.2 Å². The standard InChI is InChI=1S/C23H26N6/c1-15(2)28-7-9-29(10-8-28)23-14-25-19-6-5-17(12-21(19)27-23)16-3-4-18-13-22(24)26-20(18)11-16/h3-6,11-12,14-15H,7-10,13H2,1-2H3,(H2,24,26). The Morgan fingerprint density at radius 1 is 0.931 bits per heavy atom. The Bertz CT molecular complexity index is 1100. The Balaban J connectivity index is 1.44. The summed E-state index contributed by atoms with van der Waals surface area (Å²) in [4.78, 5) is 18.9. The lowest BCUT2D eigenvalue weighted by Crippen LogP contribution is -2.49. The Morgan fingerprint density at radius 2 is 1.69 bits per heavy atom. The van der Waals surface area contributed by atoms with E-state index in [1.807, 2.05) is 12.3 Å². The third-order valence-corrected chi connectivity index (χ3v) is 5.95. The summed E-state index contributed by atoms with van der Waals surface area (Å²) in [5.74, 6) is 1.65. The molecule has 6 nitrogen and oxygen atoms in total. The second kappa shape index (κ2) is 7.12. The number of aliphatic imine (C=N–C) groups is 1. The summed E-state index contributed by atoms with van der Waals surface area (Å²) in [7, 11) is 0. The molecule has 1 aromatic heterocycles. The predicted octanol–water partition coefficient (Wildman–Crippen LogP) is 3.37. The minimum Gasteiger partial charge on any atom is -0.387 e. The van der Waals surface area contributed by atoms with Gasteiger partial charge in [-0.3, -0.25) is 9.88 Å². The summed E-state index contributed by atoms with van der Waals surface area (Å²) in [6, 6.07) is 13.2. The largest absolute Gasteiger partial charge is 0.387 e. The molecule has 5 rings (SSSR count). The van der Waals surface area contributed by atoms with Gasteiger partial charge in [-0.15, -0.1) is 0 Å². The van der Waals surface area contributed by atoms with Gasteiger partial charge in [-0.05, 0) is 48.7 Å². The molecule has 3 aromatic rings. The summed E-state index contributed by atoms with van der Waals surface area (Å²) in [6.45, 7) is 8.62. The molecule has 0 spiro atoms. The van der Waals surface area contributed by atoms with Crippen molar-refractivity contribution in [3.8, 4) is 11.1 Å². The number of nitrogens with two attached hydrogens (primary N) is 1. The van der Waals surface area contributed by atoms with Crippen LogP contribution in [-0.4, -0.2) is 52.9 Å². The Morgan fingerprint density at radius 3 is 2.48 bits per heavy atom. The molecule has 0 radical (unpaired) electrons. The molecule has 0 aliphatic carbocycles. The number of benzene rings is 2. The topological polar surface area (TPSA) is 70.6 Å². The number of hydrogen-bond donors (Lipinski definition) is 1. The smallest absolute Gasteiger partial charge is 0.147 e. The first-order chi connectivity index (χ1) is 14.1. The van der Waals surface area contributed by atoms with Crippen molar-refractivity contribution in [1.29, 1.82) is 0 Å². The average Bonchev–Trinajstić information content (AvgIpc) is 3.12. The van der Waals surface area contributed by atoms with Crippen molar-refractivity contribution in [2.24, 2.45) is 10.7 Å². The number of fused-ring (bicyclic) bond motifs is 2. The van der Waals surface area contributed by atoms with Gasteiger partial charge in [-0.2, -0.15) is 0 Å². The van der Waals surface area contributed by atoms with Gasteiger partial charge in [0, 0.05) is 38.6 Å². The van der Waals surface area contributed by atoms with Crippen LogP contribution in [0.5, 0.6) is 0 Å². The SMILES string of the molecule is CC(C)N1CCN(c2cnc3ccc(-c4ccc5c(c4)N=C(N)C5)cc3n2)CC1. The highest BCUT2D eigenvalue weighted by atomic mass is 15.3. The van der Waals surface area contributed by atoms with Gasteiger partial charge in [-0.25, -0.2) is 9.98 Å². The van der Waals surface area contributed by atoms with Crippen LogP contribution in [0.1, 0.15) is 19.4 Å². The van der Waals surface area contributed by atoms with E-state index in [2.05, 4.69) is 64.0 Å². The van der Waals surface area contributed by atoms with E-state index in [9.17, 15) is 0 Å². The lowest BCUT2D eigenvalue weighted by atomic mass is 10.0. The highest BCUT2D eigenvalue weighted by Crippen LogP contribution is 2.32. The maximum Gasteiger partial charge on any atom is 0.147 e. The van der Waals surface area contributed by atoms with Crippen molar-refractivity contribution < 1.29 is 0 Å². The van der Waals surface area contributed by atoms with Crippen LogP contribution >= 0.6 is 0 Å². The fourth-order valence-corrected chi connectivity index (χ4v) is 4.19. The molecule has 3 heterocycles. The van der Waals surface area contributed by atoms with E-state index >= 15 is 0 Å². The van der Waals surface area contributed by atoms with Crippen LogP contribution in [0.15, 0.2) is 47.6 Å². The van der Waals surface area contributed by atoms with Crippen LogP contribution in [0, 0.1) is 0 Å². The highest BCUT2D eigenvalue weighted by Gasteiger charge is 2.20. The van der Waals surface area contributed by atoms with E-state index in [1.54, 1.807) is 0 Å². The highest BCUT2D eigenvalue weighted by molar-refractivity contribution is 5.92. The van der Waals surface area contributed by atoms with E-state index in [4.69, 9.17) is 10.7 Å². The van der Waals surface area contributed by atoms with Crippen LogP contribution in [0.4, 0.5) is 11.5 Å². The van der Waals surface area contributed by atoms with Crippen molar-refractivity contribution in [2.75, 3.05) is 31.1 Å². The lowest BCUT2D eigenvalue weighted by molar-refractivity contribution is 0.209. The van der Waals surface area contributed by atoms with Gasteiger partial charge in [0.25, 0.3) is 0 Å². The lowest BCUT2D eigenvalue weighted by Gasteiger charge is -2.37. The van der Waals surface area contributed by atoms with Gasteiger partial charge in [0.15, 0.2) is 0 Å². The number of hydrogen-bond acceptors (Lipinski definition) is 6. The molecule has 0 atom stereocenters. The number of piperazine rings is 1. The van der Waals surface area contributed by atoms with Crippen LogP contribution in [-0.2, 0) is 6.42 Å². The summed E-state index contributed by atoms with van der Waals surface area (Å²) in [6.07, 6.45) is 2.65. The fourth-order valence-electron chi connectivity index (χ4n) is 4.19. The van der Waals surface area contributed by atoms with Gasteiger partial charge in [0.1, 0.15) is 11.7 Å². The average molecular weight is 387 g/mol. The molecule has 0 amide bonds. The number of amidine groups is 1. The summed E-state index contributed by atoms with van der Waals surface area (Å²) >= 11 is 0. The molecule has 29 heavy (non-hydrogen) atoms. The molecule has 2 aromatic carbocycles. The Kier molecular flexibility index (Phi) is 4.43. The van der Waals surface area contributed by atoms with E-state index < -0.39 is 0 Å². The molecule has 0 bridgehead atoms. The molecule has 0 saturated carbocycles. The first-order valence-electron chi connectivity index (χ1n) is 10.3. The molecule has 1 saturated heterocycles. The molecule has 1 fully saturated rings. The molecule has 0 unspecified atom stereocenters. The summed E-state index contributed by atoms with van der Waals surface area (Å²) in [5.41, 5.74) is 12.1. The molecule has 148 valence electrons. The predicted molar refractivity (Wildman–Crippen MR) is 119 cm³/mol. The molecular formula is C23H26N6. The van der Waals surface area contributed by atoms with Gasteiger partial charge in [0.2, 0.25) is 0 Å². The third kappa shape index (κ3) is 3.44. The number of anilines is 1. The van der Waals surface area contributed by atoms with Crippen molar-refractivity contribution in [1.82, 2.24) is 14.9 Å². The van der Waals surface area contributed by atoms with E-state index in [0.717, 1.165) is 66.3 Å². The zero-order chi connectivity index (χ0) is 20.0. The number of nitrogens with zero attached hydrogens (tertiary/aromatic N) is 5. The Hall–Kier alpha value is -2.99. The maximum atomic E-state index is 5.88. The van der Waals surface area contributed by atoms with Crippen LogP contribution in [0.3, 0.4) is 0 Å². The Labute approximate surface area is 171 Å². The molecule has 2 N–H and O–H groups in total. The van der Waals surface area contributed by atoms with Crippen molar-refractivity contribution in [3.05, 3.63) is 48.2 Å². The van der Waals surface area contributed by atoms with Crippen molar-refractivity contribution >= 4 is 28.4 Å². The third-order valence-electron chi connectivity index (χ3n) is 5.95. The monoisotopic (exact) mass is 386 g/mol. The van der Waals surface area contributed by atoms with Gasteiger partial charge >= 0.3 is 0 Å². The van der Waals surface area contributed by atoms with Gasteiger partial charge in [0.05, 0.1) is 22.9 Å². The van der Waals surface area contributed by atoms with Gasteiger partial charge < -0.3 is 10.6 Å². The van der Waals surface area contributed by atoms with Crippen LogP contribution < -0.4 is 10.6 Å².